The number of anilines is 1. The van der Waals surface area contributed by atoms with E-state index in [2.05, 4.69) is 9.97 Å². The molecular formula is C6H6N4. The lowest BCUT2D eigenvalue weighted by molar-refractivity contribution is 1.21. The first-order valence-electron chi connectivity index (χ1n) is 3.30. The maximum atomic E-state index is 7.31. The molecule has 2 heterocycles. The molecule has 0 radical (unpaired) electrons. The van der Waals surface area contributed by atoms with E-state index < -0.39 is 0 Å². The van der Waals surface area contributed by atoms with Crippen molar-refractivity contribution in [1.82, 2.24) is 14.9 Å². The van der Waals surface area contributed by atoms with Crippen molar-refractivity contribution in [2.24, 2.45) is 0 Å². The number of rotatable bonds is 0. The summed E-state index contributed by atoms with van der Waals surface area (Å²) in [5.74, 6) is 0.418. The first-order chi connectivity index (χ1) is 5.29. The van der Waals surface area contributed by atoms with Crippen LogP contribution in [0.2, 0.25) is 1.41 Å². The largest absolute Gasteiger partial charge is 0.383 e. The molecule has 2 aromatic heterocycles. The molecule has 0 aliphatic carbocycles. The van der Waals surface area contributed by atoms with Gasteiger partial charge in [-0.2, -0.15) is 0 Å². The Morgan fingerprint density at radius 2 is 2.50 bits per heavy atom. The zero-order valence-corrected chi connectivity index (χ0v) is 5.15. The smallest absolute Gasteiger partial charge is 0.167 e. The number of H-pyrrole nitrogens is 1. The summed E-state index contributed by atoms with van der Waals surface area (Å²) in [4.78, 5) is 8.84. The maximum Gasteiger partial charge on any atom is 0.167 e. The summed E-state index contributed by atoms with van der Waals surface area (Å²) in [7, 11) is 0. The third-order valence-corrected chi connectivity index (χ3v) is 1.33. The van der Waals surface area contributed by atoms with Crippen LogP contribution in [-0.2, 0) is 0 Å². The summed E-state index contributed by atoms with van der Waals surface area (Å²) in [6.07, 6.45) is 2.93. The Morgan fingerprint density at radius 3 is 3.30 bits per heavy atom. The fraction of sp³-hybridized carbons (Fsp3) is 0. The summed E-state index contributed by atoms with van der Waals surface area (Å²) < 4.78 is 7.31. The molecule has 2 rings (SSSR count). The van der Waals surface area contributed by atoms with Crippen molar-refractivity contribution in [1.29, 1.82) is 0 Å². The van der Waals surface area contributed by atoms with Crippen molar-refractivity contribution < 1.29 is 1.41 Å². The van der Waals surface area contributed by atoms with E-state index in [0.717, 1.165) is 10.4 Å². The van der Waals surface area contributed by atoms with Crippen molar-refractivity contribution in [2.45, 2.75) is 0 Å². The molecule has 0 aliphatic heterocycles. The van der Waals surface area contributed by atoms with Crippen molar-refractivity contribution in [2.75, 3.05) is 5.73 Å². The molecule has 2 aromatic rings. The van der Waals surface area contributed by atoms with Gasteiger partial charge in [-0.3, -0.25) is 0 Å². The number of nitrogens with two attached hydrogens (primary N) is 1. The Morgan fingerprint density at radius 1 is 1.60 bits per heavy atom. The lowest BCUT2D eigenvalue weighted by Crippen LogP contribution is -1.90. The first kappa shape index (κ1) is 4.27. The van der Waals surface area contributed by atoms with E-state index in [1.54, 1.807) is 12.3 Å². The number of nitrogens with one attached hydrogen (secondary N) is 1. The first-order valence-corrected chi connectivity index (χ1v) is 2.86. The van der Waals surface area contributed by atoms with Gasteiger partial charge in [-0.15, -0.1) is 0 Å². The van der Waals surface area contributed by atoms with Crippen LogP contribution in [0.25, 0.3) is 11.0 Å². The number of nitrogen functional groups attached to an aromatic ring is 1. The van der Waals surface area contributed by atoms with Gasteiger partial charge >= 0.3 is 0 Å². The van der Waals surface area contributed by atoms with E-state index in [-0.39, 0.29) is 0 Å². The zero-order valence-electron chi connectivity index (χ0n) is 6.15. The van der Waals surface area contributed by atoms with E-state index in [9.17, 15) is 0 Å². The summed E-state index contributed by atoms with van der Waals surface area (Å²) >= 11 is 0. The number of nitrogens with zero attached hydrogens (tertiary/aromatic N) is 2. The van der Waals surface area contributed by atoms with Crippen LogP contribution in [0.4, 0.5) is 5.82 Å². The van der Waals surface area contributed by atoms with Gasteiger partial charge in [0.15, 0.2) is 1.41 Å². The fourth-order valence-corrected chi connectivity index (χ4v) is 0.845. The van der Waals surface area contributed by atoms with Crippen LogP contribution in [0, 0.1) is 0 Å². The van der Waals surface area contributed by atoms with E-state index in [0.29, 0.717) is 11.5 Å². The molecule has 0 unspecified atom stereocenters. The molecule has 10 heavy (non-hydrogen) atoms. The van der Waals surface area contributed by atoms with Gasteiger partial charge in [0.2, 0.25) is 0 Å². The molecule has 0 fully saturated rings. The van der Waals surface area contributed by atoms with Gasteiger partial charge in [0.05, 0.1) is 5.39 Å². The summed E-state index contributed by atoms with van der Waals surface area (Å²) in [6.45, 7) is 0. The summed E-state index contributed by atoms with van der Waals surface area (Å²) in [5.41, 5.74) is 6.06. The predicted octanol–water partition coefficient (Wildman–Crippen LogP) is 0.540. The molecule has 0 spiro atoms. The molecule has 4 heteroatoms. The van der Waals surface area contributed by atoms with Gasteiger partial charge in [-0.1, -0.05) is 0 Å². The zero-order chi connectivity index (χ0) is 7.84. The average molecular weight is 135 g/mol. The summed E-state index contributed by atoms with van der Waals surface area (Å²) in [6, 6.07) is 1.72. The van der Waals surface area contributed by atoms with Crippen LogP contribution in [0.5, 0.6) is 0 Å². The number of aromatic amines is 1. The lowest BCUT2D eigenvalue weighted by atomic mass is 10.4. The monoisotopic (exact) mass is 135 g/mol. The molecule has 50 valence electrons. The van der Waals surface area contributed by atoms with Gasteiger partial charge in [-0.25, -0.2) is 9.97 Å². The highest BCUT2D eigenvalue weighted by atomic mass is 15.0. The predicted molar refractivity (Wildman–Crippen MR) is 38.3 cm³/mol. The number of aromatic nitrogens is 3. The van der Waals surface area contributed by atoms with E-state index >= 15 is 0 Å². The Hall–Kier alpha value is -1.58. The second-order valence-electron chi connectivity index (χ2n) is 1.94. The standard InChI is InChI=1S/C6H6N4/c7-5-4-1-2-8-6(4)10-3-9-5/h1-3H,(H3,7,8,9,10)/i/hD. The second kappa shape index (κ2) is 1.70. The maximum absolute atomic E-state index is 7.31. The summed E-state index contributed by atoms with van der Waals surface area (Å²) in [5, 5.41) is 0.725. The minimum atomic E-state index is 0.418. The van der Waals surface area contributed by atoms with Crippen LogP contribution in [0.15, 0.2) is 18.6 Å². The Labute approximate surface area is 58.6 Å². The van der Waals surface area contributed by atoms with Gasteiger partial charge in [0, 0.05) is 6.20 Å². The second-order valence-corrected chi connectivity index (χ2v) is 1.94. The lowest BCUT2D eigenvalue weighted by Gasteiger charge is -1.90. The van der Waals surface area contributed by atoms with Crippen LogP contribution in [-0.4, -0.2) is 14.9 Å². The number of fused-ring (bicyclic) bond motifs is 1. The molecule has 0 atom stereocenters. The highest BCUT2D eigenvalue weighted by molar-refractivity contribution is 5.85. The van der Waals surface area contributed by atoms with Crippen molar-refractivity contribution in [3.05, 3.63) is 18.6 Å². The molecule has 0 saturated heterocycles. The van der Waals surface area contributed by atoms with Gasteiger partial charge in [0.25, 0.3) is 0 Å². The van der Waals surface area contributed by atoms with Crippen molar-refractivity contribution in [3.63, 3.8) is 0 Å². The molecule has 4 nitrogen and oxygen atoms in total. The quantitative estimate of drug-likeness (QED) is 0.554. The van der Waals surface area contributed by atoms with Gasteiger partial charge in [0.1, 0.15) is 17.8 Å². The van der Waals surface area contributed by atoms with Gasteiger partial charge < -0.3 is 10.7 Å². The SMILES string of the molecule is [2H]n1ccc2c(N)ncnc21. The van der Waals surface area contributed by atoms with E-state index in [1.807, 2.05) is 0 Å². The van der Waals surface area contributed by atoms with E-state index in [1.165, 1.54) is 6.33 Å². The third kappa shape index (κ3) is 0.556. The molecule has 0 aliphatic rings. The highest BCUT2D eigenvalue weighted by Crippen LogP contribution is 2.12. The van der Waals surface area contributed by atoms with Crippen molar-refractivity contribution >= 4 is 16.9 Å². The van der Waals surface area contributed by atoms with Crippen LogP contribution in [0.3, 0.4) is 0 Å². The van der Waals surface area contributed by atoms with Gasteiger partial charge in [-0.05, 0) is 6.07 Å². The topological polar surface area (TPSA) is 67.6 Å². The van der Waals surface area contributed by atoms with Crippen LogP contribution >= 0.6 is 0 Å². The minimum Gasteiger partial charge on any atom is -0.383 e. The average Bonchev–Trinajstić information content (AvgIpc) is 2.35. The van der Waals surface area contributed by atoms with Crippen LogP contribution < -0.4 is 5.73 Å². The Kier molecular flexibility index (Phi) is 0.725. The van der Waals surface area contributed by atoms with Crippen LogP contribution in [0.1, 0.15) is 0 Å². The van der Waals surface area contributed by atoms with Crippen molar-refractivity contribution in [3.8, 4) is 0 Å². The molecule has 3 N–H and O–H groups in total. The number of hydrogen-bond acceptors (Lipinski definition) is 3. The highest BCUT2D eigenvalue weighted by Gasteiger charge is 1.97. The minimum absolute atomic E-state index is 0.418. The molecular weight excluding hydrogens is 128 g/mol. The normalized spacial score (nSPS) is 11.8. The fourth-order valence-electron chi connectivity index (χ4n) is 0.845. The Bertz CT molecular complexity index is 394. The molecule has 0 saturated carbocycles. The number of hydrogen-bond donors (Lipinski definition) is 2. The molecule has 0 aromatic carbocycles. The molecule has 0 bridgehead atoms. The third-order valence-electron chi connectivity index (χ3n) is 1.33. The Balaban J connectivity index is 2.94. The van der Waals surface area contributed by atoms with E-state index in [4.69, 9.17) is 7.15 Å². The molecule has 0 amide bonds.